The monoisotopic (exact) mass is 280 g/mol. The van der Waals surface area contributed by atoms with Gasteiger partial charge in [0.2, 0.25) is 10.1 Å². The van der Waals surface area contributed by atoms with Gasteiger partial charge in [0.25, 0.3) is 5.56 Å². The Morgan fingerprint density at radius 3 is 2.84 bits per heavy atom. The van der Waals surface area contributed by atoms with Crippen molar-refractivity contribution in [2.45, 2.75) is 32.3 Å². The number of rotatable bonds is 3. The molecule has 3 heterocycles. The van der Waals surface area contributed by atoms with Gasteiger partial charge in [-0.25, -0.2) is 4.98 Å². The number of aryl methyl sites for hydroxylation is 1. The zero-order chi connectivity index (χ0) is 13.6. The second kappa shape index (κ2) is 4.28. The summed E-state index contributed by atoms with van der Waals surface area (Å²) in [5.41, 5.74) is 0.0367. The first kappa shape index (κ1) is 12.6. The van der Waals surface area contributed by atoms with Crippen LogP contribution in [0.25, 0.3) is 4.96 Å². The van der Waals surface area contributed by atoms with Crippen molar-refractivity contribution >= 4 is 21.4 Å². The number of fused-ring (bicyclic) bond motifs is 1. The molecule has 1 N–H and O–H groups in total. The summed E-state index contributed by atoms with van der Waals surface area (Å²) in [6.07, 6.45) is 1.46. The first-order valence-corrected chi connectivity index (χ1v) is 7.23. The zero-order valence-electron chi connectivity index (χ0n) is 11.0. The molecule has 2 aromatic rings. The summed E-state index contributed by atoms with van der Waals surface area (Å²) < 4.78 is 1.34. The molecule has 0 spiro atoms. The van der Waals surface area contributed by atoms with Crippen molar-refractivity contribution in [3.63, 3.8) is 0 Å². The normalized spacial score (nSPS) is 17.7. The summed E-state index contributed by atoms with van der Waals surface area (Å²) in [5.74, 6) is 0. The summed E-state index contributed by atoms with van der Waals surface area (Å²) >= 11 is 1.39. The van der Waals surface area contributed by atoms with Crippen LogP contribution in [0.5, 0.6) is 0 Å². The first-order valence-electron chi connectivity index (χ1n) is 6.42. The zero-order valence-corrected chi connectivity index (χ0v) is 11.8. The van der Waals surface area contributed by atoms with E-state index < -0.39 is 5.60 Å². The molecule has 1 fully saturated rings. The predicted octanol–water partition coefficient (Wildman–Crippen LogP) is 0.674. The molecule has 1 aliphatic heterocycles. The highest BCUT2D eigenvalue weighted by Gasteiger charge is 2.41. The molecule has 1 saturated heterocycles. The van der Waals surface area contributed by atoms with Gasteiger partial charge in [0, 0.05) is 11.8 Å². The second-order valence-electron chi connectivity index (χ2n) is 4.95. The van der Waals surface area contributed by atoms with E-state index in [0.717, 1.165) is 23.7 Å². The van der Waals surface area contributed by atoms with Crippen LogP contribution in [0, 0.1) is 0 Å². The standard InChI is InChI=1S/C12H16N4O2S/c1-3-8-5-9(17)16-10(13-8)19-11(14-16)15-6-12(18,4-2)7-15/h5,18H,3-4,6-7H2,1-2H3. The van der Waals surface area contributed by atoms with Gasteiger partial charge >= 0.3 is 0 Å². The van der Waals surface area contributed by atoms with Gasteiger partial charge in [-0.2, -0.15) is 4.52 Å². The molecule has 1 aliphatic rings. The van der Waals surface area contributed by atoms with Crippen molar-refractivity contribution in [2.75, 3.05) is 18.0 Å². The Bertz CT molecular complexity index is 672. The van der Waals surface area contributed by atoms with E-state index in [1.54, 1.807) is 0 Å². The summed E-state index contributed by atoms with van der Waals surface area (Å²) in [6.45, 7) is 5.07. The summed E-state index contributed by atoms with van der Waals surface area (Å²) in [4.78, 5) is 18.9. The largest absolute Gasteiger partial charge is 0.386 e. The van der Waals surface area contributed by atoms with Gasteiger partial charge in [0.1, 0.15) is 0 Å². The molecule has 0 unspecified atom stereocenters. The highest BCUT2D eigenvalue weighted by atomic mass is 32.1. The molecule has 0 bridgehead atoms. The Kier molecular flexibility index (Phi) is 2.83. The number of aliphatic hydroxyl groups is 1. The van der Waals surface area contributed by atoms with Crippen LogP contribution < -0.4 is 10.5 Å². The Balaban J connectivity index is 1.95. The molecule has 19 heavy (non-hydrogen) atoms. The van der Waals surface area contributed by atoms with E-state index in [1.807, 2.05) is 18.7 Å². The summed E-state index contributed by atoms with van der Waals surface area (Å²) in [7, 11) is 0. The molecule has 0 radical (unpaired) electrons. The van der Waals surface area contributed by atoms with Gasteiger partial charge in [-0.3, -0.25) is 4.79 Å². The summed E-state index contributed by atoms with van der Waals surface area (Å²) in [5, 5.41) is 15.0. The van der Waals surface area contributed by atoms with Gasteiger partial charge in [0.15, 0.2) is 0 Å². The fraction of sp³-hybridized carbons (Fsp3) is 0.583. The number of nitrogens with zero attached hydrogens (tertiary/aromatic N) is 4. The maximum Gasteiger partial charge on any atom is 0.275 e. The maximum absolute atomic E-state index is 11.9. The lowest BCUT2D eigenvalue weighted by molar-refractivity contribution is 0.00842. The van der Waals surface area contributed by atoms with Crippen molar-refractivity contribution in [3.8, 4) is 0 Å². The Morgan fingerprint density at radius 2 is 2.21 bits per heavy atom. The molecule has 0 atom stereocenters. The Morgan fingerprint density at radius 1 is 1.47 bits per heavy atom. The smallest absolute Gasteiger partial charge is 0.275 e. The topological polar surface area (TPSA) is 70.7 Å². The minimum atomic E-state index is -0.606. The van der Waals surface area contributed by atoms with Crippen LogP contribution in [0.4, 0.5) is 5.13 Å². The third kappa shape index (κ3) is 2.02. The van der Waals surface area contributed by atoms with Crippen LogP contribution in [0.3, 0.4) is 0 Å². The maximum atomic E-state index is 11.9. The quantitative estimate of drug-likeness (QED) is 0.895. The fourth-order valence-electron chi connectivity index (χ4n) is 2.18. The van der Waals surface area contributed by atoms with E-state index in [4.69, 9.17) is 0 Å². The summed E-state index contributed by atoms with van der Waals surface area (Å²) in [6, 6.07) is 1.52. The fourth-order valence-corrected chi connectivity index (χ4v) is 3.10. The van der Waals surface area contributed by atoms with Crippen molar-refractivity contribution in [2.24, 2.45) is 0 Å². The third-order valence-corrected chi connectivity index (χ3v) is 4.52. The van der Waals surface area contributed by atoms with E-state index in [1.165, 1.54) is 21.9 Å². The van der Waals surface area contributed by atoms with Crippen molar-refractivity contribution in [1.82, 2.24) is 14.6 Å². The highest BCUT2D eigenvalue weighted by molar-refractivity contribution is 7.20. The third-order valence-electron chi connectivity index (χ3n) is 3.55. The molecule has 7 heteroatoms. The van der Waals surface area contributed by atoms with Crippen molar-refractivity contribution in [3.05, 3.63) is 22.1 Å². The van der Waals surface area contributed by atoms with Crippen LogP contribution in [-0.4, -0.2) is 38.4 Å². The van der Waals surface area contributed by atoms with Crippen molar-refractivity contribution in [1.29, 1.82) is 0 Å². The number of hydrogen-bond acceptors (Lipinski definition) is 6. The van der Waals surface area contributed by atoms with E-state index in [0.29, 0.717) is 18.1 Å². The van der Waals surface area contributed by atoms with Crippen LogP contribution in [-0.2, 0) is 6.42 Å². The molecule has 0 amide bonds. The number of hydrogen-bond donors (Lipinski definition) is 1. The molecule has 0 aliphatic carbocycles. The first-order chi connectivity index (χ1) is 9.04. The van der Waals surface area contributed by atoms with Gasteiger partial charge < -0.3 is 10.0 Å². The average molecular weight is 280 g/mol. The molecular weight excluding hydrogens is 264 g/mol. The number of β-amino-alcohol motifs (C(OH)–C–C–N with tert-alkyl or cyclic N) is 1. The van der Waals surface area contributed by atoms with Crippen molar-refractivity contribution < 1.29 is 5.11 Å². The van der Waals surface area contributed by atoms with Crippen LogP contribution in [0.2, 0.25) is 0 Å². The van der Waals surface area contributed by atoms with E-state index >= 15 is 0 Å². The van der Waals surface area contributed by atoms with Gasteiger partial charge in [-0.05, 0) is 12.8 Å². The molecular formula is C12H16N4O2S. The molecule has 6 nitrogen and oxygen atoms in total. The number of anilines is 1. The molecule has 3 rings (SSSR count). The minimum absolute atomic E-state index is 0.143. The van der Waals surface area contributed by atoms with Crippen LogP contribution in [0.15, 0.2) is 10.9 Å². The Labute approximate surface area is 114 Å². The Hall–Kier alpha value is -1.47. The molecule has 102 valence electrons. The molecule has 2 aromatic heterocycles. The number of aromatic nitrogens is 3. The lowest BCUT2D eigenvalue weighted by atomic mass is 9.92. The second-order valence-corrected chi connectivity index (χ2v) is 5.89. The lowest BCUT2D eigenvalue weighted by Crippen LogP contribution is -2.61. The van der Waals surface area contributed by atoms with Crippen LogP contribution >= 0.6 is 11.3 Å². The van der Waals surface area contributed by atoms with Gasteiger partial charge in [-0.15, -0.1) is 5.10 Å². The lowest BCUT2D eigenvalue weighted by Gasteiger charge is -2.45. The van der Waals surface area contributed by atoms with Crippen LogP contribution in [0.1, 0.15) is 26.0 Å². The highest BCUT2D eigenvalue weighted by Crippen LogP contribution is 2.32. The van der Waals surface area contributed by atoms with E-state index in [2.05, 4.69) is 10.1 Å². The van der Waals surface area contributed by atoms with Gasteiger partial charge in [0.05, 0.1) is 18.7 Å². The van der Waals surface area contributed by atoms with Gasteiger partial charge in [-0.1, -0.05) is 25.2 Å². The molecule has 0 aromatic carbocycles. The minimum Gasteiger partial charge on any atom is -0.386 e. The average Bonchev–Trinajstić information content (AvgIpc) is 2.78. The van der Waals surface area contributed by atoms with E-state index in [9.17, 15) is 9.90 Å². The predicted molar refractivity (Wildman–Crippen MR) is 74.0 cm³/mol. The SMILES string of the molecule is CCc1cc(=O)n2nc(N3CC(O)(CC)C3)sc2n1. The van der Waals surface area contributed by atoms with E-state index in [-0.39, 0.29) is 5.56 Å². The molecule has 0 saturated carbocycles.